The summed E-state index contributed by atoms with van der Waals surface area (Å²) < 4.78 is 7.46. The van der Waals surface area contributed by atoms with Gasteiger partial charge < -0.3 is 9.30 Å². The Morgan fingerprint density at radius 3 is 2.59 bits per heavy atom. The molecule has 17 heavy (non-hydrogen) atoms. The molecule has 0 N–H and O–H groups in total. The lowest BCUT2D eigenvalue weighted by Gasteiger charge is -2.17. The van der Waals surface area contributed by atoms with E-state index in [2.05, 4.69) is 15.9 Å². The molecule has 0 amide bonds. The van der Waals surface area contributed by atoms with Crippen molar-refractivity contribution in [1.82, 2.24) is 4.57 Å². The minimum absolute atomic E-state index is 0.0709. The maximum absolute atomic E-state index is 11.8. The van der Waals surface area contributed by atoms with Crippen molar-refractivity contribution in [2.24, 2.45) is 0 Å². The summed E-state index contributed by atoms with van der Waals surface area (Å²) in [4.78, 5) is 23.3. The van der Waals surface area contributed by atoms with Crippen LogP contribution in [-0.4, -0.2) is 22.9 Å². The van der Waals surface area contributed by atoms with Gasteiger partial charge in [-0.3, -0.25) is 4.79 Å². The molecule has 94 valence electrons. The molecule has 0 saturated carbocycles. The van der Waals surface area contributed by atoms with E-state index in [4.69, 9.17) is 4.74 Å². The van der Waals surface area contributed by atoms with Gasteiger partial charge >= 0.3 is 5.97 Å². The summed E-state index contributed by atoms with van der Waals surface area (Å²) in [5.74, 6) is -0.376. The normalized spacial score (nSPS) is 12.2. The van der Waals surface area contributed by atoms with Crippen LogP contribution in [0.4, 0.5) is 0 Å². The molecule has 1 aromatic rings. The second kappa shape index (κ2) is 6.00. The Morgan fingerprint density at radius 2 is 2.12 bits per heavy atom. The van der Waals surface area contributed by atoms with E-state index in [1.807, 2.05) is 6.92 Å². The van der Waals surface area contributed by atoms with Gasteiger partial charge in [0.1, 0.15) is 6.04 Å². The van der Waals surface area contributed by atoms with E-state index in [0.29, 0.717) is 18.7 Å². The molecule has 0 saturated heterocycles. The molecule has 0 fully saturated rings. The zero-order chi connectivity index (χ0) is 13.0. The number of aromatic nitrogens is 1. The smallest absolute Gasteiger partial charge is 0.329 e. The molecule has 4 nitrogen and oxygen atoms in total. The first-order valence-electron chi connectivity index (χ1n) is 5.56. The zero-order valence-electron chi connectivity index (χ0n) is 10.2. The van der Waals surface area contributed by atoms with Crippen LogP contribution in [0.25, 0.3) is 0 Å². The second-order valence-electron chi connectivity index (χ2n) is 3.68. The first-order valence-corrected chi connectivity index (χ1v) is 6.35. The molecule has 1 aromatic heterocycles. The predicted molar refractivity (Wildman–Crippen MR) is 68.1 cm³/mol. The van der Waals surface area contributed by atoms with Crippen LogP contribution in [0.5, 0.6) is 0 Å². The fourth-order valence-corrected chi connectivity index (χ4v) is 2.14. The van der Waals surface area contributed by atoms with Gasteiger partial charge in [0.25, 0.3) is 0 Å². The fraction of sp³-hybridized carbons (Fsp3) is 0.500. The molecule has 0 spiro atoms. The lowest BCUT2D eigenvalue weighted by Crippen LogP contribution is -2.23. The lowest BCUT2D eigenvalue weighted by molar-refractivity contribution is -0.147. The van der Waals surface area contributed by atoms with E-state index in [0.717, 1.165) is 4.47 Å². The summed E-state index contributed by atoms with van der Waals surface area (Å²) in [6, 6.07) is 1.27. The monoisotopic (exact) mass is 301 g/mol. The third-order valence-electron chi connectivity index (χ3n) is 2.46. The highest BCUT2D eigenvalue weighted by atomic mass is 79.9. The van der Waals surface area contributed by atoms with E-state index >= 15 is 0 Å². The molecule has 0 aliphatic heterocycles. The molecular weight excluding hydrogens is 286 g/mol. The van der Waals surface area contributed by atoms with Gasteiger partial charge in [-0.2, -0.15) is 0 Å². The van der Waals surface area contributed by atoms with Crippen molar-refractivity contribution in [2.75, 3.05) is 6.61 Å². The number of carbonyl (C=O) groups excluding carboxylic acids is 2. The molecule has 0 bridgehead atoms. The number of carbonyl (C=O) groups is 2. The third-order valence-corrected chi connectivity index (χ3v) is 2.89. The van der Waals surface area contributed by atoms with Crippen LogP contribution >= 0.6 is 15.9 Å². The van der Waals surface area contributed by atoms with Crippen LogP contribution in [0.1, 0.15) is 43.7 Å². The first kappa shape index (κ1) is 14.0. The maximum Gasteiger partial charge on any atom is 0.329 e. The number of ether oxygens (including phenoxy) is 1. The van der Waals surface area contributed by atoms with E-state index in [-0.39, 0.29) is 11.8 Å². The average molecular weight is 302 g/mol. The van der Waals surface area contributed by atoms with Crippen molar-refractivity contribution in [1.29, 1.82) is 0 Å². The number of halogens is 1. The summed E-state index contributed by atoms with van der Waals surface area (Å²) in [5, 5.41) is 0. The Labute approximate surface area is 109 Å². The van der Waals surface area contributed by atoms with Crippen molar-refractivity contribution in [3.63, 3.8) is 0 Å². The summed E-state index contributed by atoms with van der Waals surface area (Å²) in [6.45, 7) is 5.48. The number of Topliss-reactive ketones (excluding diaryl/α,β-unsaturated/α-hetero) is 1. The van der Waals surface area contributed by atoms with E-state index in [9.17, 15) is 9.59 Å². The molecule has 5 heteroatoms. The molecule has 0 aliphatic carbocycles. The number of ketones is 1. The van der Waals surface area contributed by atoms with Crippen LogP contribution < -0.4 is 0 Å². The molecule has 0 radical (unpaired) electrons. The standard InChI is InChI=1S/C12H16BrNO3/c1-4-10(12(16)17-5-2)14-7-9(13)6-11(14)8(3)15/h6-7,10H,4-5H2,1-3H3. The largest absolute Gasteiger partial charge is 0.464 e. The lowest BCUT2D eigenvalue weighted by atomic mass is 10.2. The Morgan fingerprint density at radius 1 is 1.47 bits per heavy atom. The van der Waals surface area contributed by atoms with E-state index in [1.165, 1.54) is 6.92 Å². The molecule has 1 unspecified atom stereocenters. The van der Waals surface area contributed by atoms with Crippen LogP contribution in [0.15, 0.2) is 16.7 Å². The summed E-state index contributed by atoms with van der Waals surface area (Å²) in [6.07, 6.45) is 2.32. The molecule has 0 aliphatic rings. The maximum atomic E-state index is 11.8. The highest BCUT2D eigenvalue weighted by Crippen LogP contribution is 2.23. The van der Waals surface area contributed by atoms with Crippen molar-refractivity contribution < 1.29 is 14.3 Å². The second-order valence-corrected chi connectivity index (χ2v) is 4.60. The first-order chi connectivity index (χ1) is 8.01. The van der Waals surface area contributed by atoms with Gasteiger partial charge in [0.15, 0.2) is 5.78 Å². The Hall–Kier alpha value is -1.10. The van der Waals surface area contributed by atoms with E-state index in [1.54, 1.807) is 23.8 Å². The number of rotatable bonds is 5. The van der Waals surface area contributed by atoms with Gasteiger partial charge in [0.05, 0.1) is 12.3 Å². The Kier molecular flexibility index (Phi) is 4.93. The SMILES string of the molecule is CCOC(=O)C(CC)n1cc(Br)cc1C(C)=O. The van der Waals surface area contributed by atoms with Crippen LogP contribution in [0.3, 0.4) is 0 Å². The average Bonchev–Trinajstić information content (AvgIpc) is 2.62. The van der Waals surface area contributed by atoms with Crippen LogP contribution in [0.2, 0.25) is 0 Å². The number of hydrogen-bond donors (Lipinski definition) is 0. The van der Waals surface area contributed by atoms with Crippen molar-refractivity contribution in [2.45, 2.75) is 33.2 Å². The molecule has 1 rings (SSSR count). The minimum atomic E-state index is -0.444. The highest BCUT2D eigenvalue weighted by molar-refractivity contribution is 9.10. The summed E-state index contributed by atoms with van der Waals surface area (Å²) in [7, 11) is 0. The molecular formula is C12H16BrNO3. The van der Waals surface area contributed by atoms with E-state index < -0.39 is 6.04 Å². The van der Waals surface area contributed by atoms with Crippen molar-refractivity contribution in [3.05, 3.63) is 22.4 Å². The van der Waals surface area contributed by atoms with Gasteiger partial charge in [-0.05, 0) is 35.3 Å². The fourth-order valence-electron chi connectivity index (χ4n) is 1.70. The Bertz CT molecular complexity index is 425. The predicted octanol–water partition coefficient (Wildman–Crippen LogP) is 2.97. The number of nitrogens with zero attached hydrogens (tertiary/aromatic N) is 1. The van der Waals surface area contributed by atoms with Crippen LogP contribution in [0, 0.1) is 0 Å². The highest BCUT2D eigenvalue weighted by Gasteiger charge is 2.23. The van der Waals surface area contributed by atoms with Gasteiger partial charge in [-0.25, -0.2) is 4.79 Å². The van der Waals surface area contributed by atoms with Crippen molar-refractivity contribution >= 4 is 27.7 Å². The summed E-state index contributed by atoms with van der Waals surface area (Å²) >= 11 is 3.31. The molecule has 1 heterocycles. The quantitative estimate of drug-likeness (QED) is 0.620. The van der Waals surface area contributed by atoms with Gasteiger partial charge in [-0.15, -0.1) is 0 Å². The van der Waals surface area contributed by atoms with Gasteiger partial charge in [0, 0.05) is 17.6 Å². The topological polar surface area (TPSA) is 48.3 Å². The van der Waals surface area contributed by atoms with Crippen molar-refractivity contribution in [3.8, 4) is 0 Å². The third kappa shape index (κ3) is 3.19. The zero-order valence-corrected chi connectivity index (χ0v) is 11.8. The van der Waals surface area contributed by atoms with Gasteiger partial charge in [0.2, 0.25) is 0 Å². The Balaban J connectivity index is 3.11. The number of hydrogen-bond acceptors (Lipinski definition) is 3. The molecule has 0 aromatic carbocycles. The number of esters is 1. The molecule has 1 atom stereocenters. The van der Waals surface area contributed by atoms with Crippen LogP contribution in [-0.2, 0) is 9.53 Å². The van der Waals surface area contributed by atoms with Gasteiger partial charge in [-0.1, -0.05) is 6.92 Å². The summed E-state index contributed by atoms with van der Waals surface area (Å²) in [5.41, 5.74) is 0.511. The minimum Gasteiger partial charge on any atom is -0.464 e.